The molecule has 2 amide bonds. The first-order chi connectivity index (χ1) is 8.99. The minimum atomic E-state index is -1.27. The predicted octanol–water partition coefficient (Wildman–Crippen LogP) is -1.99. The van der Waals surface area contributed by atoms with E-state index in [-0.39, 0.29) is 6.67 Å². The molecule has 8 nitrogen and oxygen atoms in total. The van der Waals surface area contributed by atoms with Crippen molar-refractivity contribution in [3.05, 3.63) is 0 Å². The third kappa shape index (κ3) is 2.51. The lowest BCUT2D eigenvalue weighted by molar-refractivity contribution is -0.0894. The first-order valence-corrected chi connectivity index (χ1v) is 6.39. The van der Waals surface area contributed by atoms with Crippen molar-refractivity contribution in [3.8, 4) is 0 Å². The highest BCUT2D eigenvalue weighted by atomic mass is 32.1. The Morgan fingerprint density at radius 2 is 2.16 bits per heavy atom. The van der Waals surface area contributed by atoms with Gasteiger partial charge in [0.15, 0.2) is 11.3 Å². The number of thiocarbonyl (C=S) groups is 1. The fraction of sp³-hybridized carbons (Fsp3) is 0.800. The van der Waals surface area contributed by atoms with E-state index in [9.17, 15) is 15.0 Å². The zero-order chi connectivity index (χ0) is 14.2. The van der Waals surface area contributed by atoms with Gasteiger partial charge >= 0.3 is 6.03 Å². The second kappa shape index (κ2) is 5.55. The van der Waals surface area contributed by atoms with Gasteiger partial charge in [0.1, 0.15) is 18.3 Å². The Labute approximate surface area is 115 Å². The average Bonchev–Trinajstić information content (AvgIpc) is 2.67. The second-order valence-electron chi connectivity index (χ2n) is 4.43. The number of ether oxygens (including phenoxy) is 1. The smallest absolute Gasteiger partial charge is 0.327 e. The molecule has 0 radical (unpaired) electrons. The van der Waals surface area contributed by atoms with Gasteiger partial charge in [0.05, 0.1) is 13.3 Å². The molecule has 0 aliphatic carbocycles. The van der Waals surface area contributed by atoms with Crippen LogP contribution in [0.1, 0.15) is 6.92 Å². The minimum absolute atomic E-state index is 0.160. The van der Waals surface area contributed by atoms with Gasteiger partial charge in [0.25, 0.3) is 0 Å². The zero-order valence-corrected chi connectivity index (χ0v) is 11.2. The van der Waals surface area contributed by atoms with Crippen LogP contribution >= 0.6 is 12.2 Å². The molecular weight excluding hydrogens is 274 g/mol. The lowest BCUT2D eigenvalue weighted by Gasteiger charge is -2.40. The number of carbonyl (C=O) groups excluding carboxylic acids is 1. The fourth-order valence-electron chi connectivity index (χ4n) is 2.13. The number of amides is 2. The number of nitrogens with one attached hydrogen (secondary N) is 1. The topological polar surface area (TPSA) is 106 Å². The second-order valence-corrected chi connectivity index (χ2v) is 4.82. The first kappa shape index (κ1) is 14.4. The Balaban J connectivity index is 2.13. The Morgan fingerprint density at radius 3 is 2.68 bits per heavy atom. The molecule has 4 atom stereocenters. The van der Waals surface area contributed by atoms with Gasteiger partial charge in [0, 0.05) is 6.54 Å². The SMILES string of the molecule is CCN1CN([C@@H]2O[C@H](CO)[C@@H](O)[C@H]2O)C(=O)NC1=S. The summed E-state index contributed by atoms with van der Waals surface area (Å²) in [6.07, 6.45) is -4.42. The molecule has 108 valence electrons. The van der Waals surface area contributed by atoms with Crippen LogP contribution in [0.5, 0.6) is 0 Å². The summed E-state index contributed by atoms with van der Waals surface area (Å²) in [5.41, 5.74) is 0. The number of aliphatic hydroxyl groups is 3. The summed E-state index contributed by atoms with van der Waals surface area (Å²) >= 11 is 5.00. The van der Waals surface area contributed by atoms with Crippen LogP contribution in [0.2, 0.25) is 0 Å². The number of nitrogens with zero attached hydrogens (tertiary/aromatic N) is 2. The van der Waals surface area contributed by atoms with Gasteiger partial charge in [-0.25, -0.2) is 4.79 Å². The monoisotopic (exact) mass is 291 g/mol. The summed E-state index contributed by atoms with van der Waals surface area (Å²) in [7, 11) is 0. The first-order valence-electron chi connectivity index (χ1n) is 5.98. The van der Waals surface area contributed by atoms with Gasteiger partial charge in [-0.15, -0.1) is 0 Å². The molecule has 4 N–H and O–H groups in total. The molecule has 2 aliphatic heterocycles. The molecule has 0 saturated carbocycles. The summed E-state index contributed by atoms with van der Waals surface area (Å²) in [5, 5.41) is 31.4. The highest BCUT2D eigenvalue weighted by Crippen LogP contribution is 2.25. The summed E-state index contributed by atoms with van der Waals surface area (Å²) in [5.74, 6) is 0. The average molecular weight is 291 g/mol. The van der Waals surface area contributed by atoms with Crippen LogP contribution in [0, 0.1) is 0 Å². The molecule has 19 heavy (non-hydrogen) atoms. The van der Waals surface area contributed by atoms with Gasteiger partial charge in [-0.2, -0.15) is 0 Å². The number of urea groups is 1. The van der Waals surface area contributed by atoms with Crippen molar-refractivity contribution in [2.75, 3.05) is 19.8 Å². The molecule has 2 heterocycles. The van der Waals surface area contributed by atoms with Crippen molar-refractivity contribution >= 4 is 23.4 Å². The summed E-state index contributed by atoms with van der Waals surface area (Å²) < 4.78 is 5.32. The Morgan fingerprint density at radius 1 is 1.47 bits per heavy atom. The third-order valence-corrected chi connectivity index (χ3v) is 3.65. The van der Waals surface area contributed by atoms with Crippen molar-refractivity contribution in [2.24, 2.45) is 0 Å². The molecule has 0 aromatic carbocycles. The molecule has 0 unspecified atom stereocenters. The van der Waals surface area contributed by atoms with Crippen molar-refractivity contribution in [1.82, 2.24) is 15.1 Å². The van der Waals surface area contributed by atoms with E-state index in [1.807, 2.05) is 6.92 Å². The van der Waals surface area contributed by atoms with Crippen molar-refractivity contribution in [1.29, 1.82) is 0 Å². The lowest BCUT2D eigenvalue weighted by Crippen LogP contribution is -2.63. The number of aliphatic hydroxyl groups excluding tert-OH is 3. The van der Waals surface area contributed by atoms with E-state index < -0.39 is 37.2 Å². The van der Waals surface area contributed by atoms with Gasteiger partial charge in [-0.05, 0) is 19.1 Å². The maximum absolute atomic E-state index is 11.9. The zero-order valence-electron chi connectivity index (χ0n) is 10.4. The predicted molar refractivity (Wildman–Crippen MR) is 68.0 cm³/mol. The minimum Gasteiger partial charge on any atom is -0.394 e. The van der Waals surface area contributed by atoms with Crippen LogP contribution in [0.4, 0.5) is 4.79 Å². The molecule has 2 aliphatic rings. The van der Waals surface area contributed by atoms with E-state index in [0.29, 0.717) is 11.7 Å². The van der Waals surface area contributed by atoms with Crippen molar-refractivity contribution in [3.63, 3.8) is 0 Å². The van der Waals surface area contributed by atoms with Crippen LogP contribution < -0.4 is 5.32 Å². The number of hydrogen-bond donors (Lipinski definition) is 4. The summed E-state index contributed by atoms with van der Waals surface area (Å²) in [4.78, 5) is 14.8. The molecule has 2 rings (SSSR count). The Bertz CT molecular complexity index is 382. The standard InChI is InChI=1S/C10H17N3O5S/c1-2-12-4-13(9(17)11-10(12)19)8-7(16)6(15)5(3-14)18-8/h5-8,14-16H,2-4H2,1H3,(H,11,17,19)/t5-,6-,7-,8-/m1/s1. The normalized spacial score (nSPS) is 35.8. The van der Waals surface area contributed by atoms with Gasteiger partial charge in [-0.3, -0.25) is 10.2 Å². The van der Waals surface area contributed by atoms with Gasteiger partial charge in [0.2, 0.25) is 0 Å². The molecule has 2 fully saturated rings. The Hall–Kier alpha value is -1.00. The van der Waals surface area contributed by atoms with E-state index in [2.05, 4.69) is 5.32 Å². The molecule has 9 heteroatoms. The van der Waals surface area contributed by atoms with Crippen LogP contribution in [-0.2, 0) is 4.74 Å². The van der Waals surface area contributed by atoms with E-state index >= 15 is 0 Å². The van der Waals surface area contributed by atoms with E-state index in [4.69, 9.17) is 22.1 Å². The third-order valence-electron chi connectivity index (χ3n) is 3.29. The van der Waals surface area contributed by atoms with Crippen LogP contribution in [0.15, 0.2) is 0 Å². The maximum Gasteiger partial charge on any atom is 0.327 e. The van der Waals surface area contributed by atoms with Gasteiger partial charge in [-0.1, -0.05) is 0 Å². The van der Waals surface area contributed by atoms with Crippen molar-refractivity contribution in [2.45, 2.75) is 31.5 Å². The number of hydrogen-bond acceptors (Lipinski definition) is 6. The number of carbonyl (C=O) groups is 1. The highest BCUT2D eigenvalue weighted by molar-refractivity contribution is 7.80. The van der Waals surface area contributed by atoms with Gasteiger partial charge < -0.3 is 25.0 Å². The van der Waals surface area contributed by atoms with E-state index in [0.717, 1.165) is 0 Å². The Kier molecular flexibility index (Phi) is 4.21. The van der Waals surface area contributed by atoms with E-state index in [1.165, 1.54) is 4.90 Å². The summed E-state index contributed by atoms with van der Waals surface area (Å²) in [6.45, 7) is 2.19. The highest BCUT2D eigenvalue weighted by Gasteiger charge is 2.48. The lowest BCUT2D eigenvalue weighted by atomic mass is 10.1. The summed E-state index contributed by atoms with van der Waals surface area (Å²) in [6, 6.07) is -0.496. The number of rotatable bonds is 3. The van der Waals surface area contributed by atoms with Crippen LogP contribution in [-0.4, -0.2) is 80.6 Å². The van der Waals surface area contributed by atoms with Crippen molar-refractivity contribution < 1.29 is 24.9 Å². The molecule has 0 bridgehead atoms. The molecular formula is C10H17N3O5S. The van der Waals surface area contributed by atoms with Crippen LogP contribution in [0.3, 0.4) is 0 Å². The fourth-order valence-corrected chi connectivity index (χ4v) is 2.41. The largest absolute Gasteiger partial charge is 0.394 e. The van der Waals surface area contributed by atoms with Crippen LogP contribution in [0.25, 0.3) is 0 Å². The molecule has 0 aromatic heterocycles. The quantitative estimate of drug-likeness (QED) is 0.446. The molecule has 0 spiro atoms. The molecule has 0 aromatic rings. The van der Waals surface area contributed by atoms with E-state index in [1.54, 1.807) is 4.90 Å². The molecule has 2 saturated heterocycles. The maximum atomic E-state index is 11.9.